The molecule has 1 heterocycles. The molecule has 1 aromatic carbocycles. The second-order valence-corrected chi connectivity index (χ2v) is 4.87. The molecule has 2 rings (SSSR count). The molecule has 0 saturated heterocycles. The standard InChI is InChI=1S/C10H13IN2O2/c11-4-1-2-6-3-5-12-7-8(13-6)10(15)9(7)14/h6,12-13H,1-5H2. The van der Waals surface area contributed by atoms with Crippen LogP contribution in [0.3, 0.4) is 0 Å². The first-order chi connectivity index (χ1) is 7.24. The summed E-state index contributed by atoms with van der Waals surface area (Å²) in [5, 5.41) is 6.19. The fraction of sp³-hybridized carbons (Fsp3) is 0.600. The van der Waals surface area contributed by atoms with Gasteiger partial charge in [-0.25, -0.2) is 0 Å². The smallest absolute Gasteiger partial charge is 0.253 e. The zero-order chi connectivity index (χ0) is 10.8. The fourth-order valence-electron chi connectivity index (χ4n) is 1.89. The lowest BCUT2D eigenvalue weighted by Crippen LogP contribution is -2.37. The number of anilines is 2. The van der Waals surface area contributed by atoms with Crippen molar-refractivity contribution in [3.8, 4) is 0 Å². The number of fused-ring (bicyclic) bond motifs is 1. The zero-order valence-electron chi connectivity index (χ0n) is 8.31. The molecular weight excluding hydrogens is 307 g/mol. The van der Waals surface area contributed by atoms with Gasteiger partial charge < -0.3 is 10.6 Å². The molecule has 1 aromatic rings. The third-order valence-electron chi connectivity index (χ3n) is 2.74. The van der Waals surface area contributed by atoms with Crippen LogP contribution in [0.2, 0.25) is 0 Å². The van der Waals surface area contributed by atoms with Crippen LogP contribution in [0.5, 0.6) is 0 Å². The van der Waals surface area contributed by atoms with Crippen molar-refractivity contribution < 1.29 is 0 Å². The Bertz CT molecular complexity index is 423. The molecule has 5 heteroatoms. The second kappa shape index (κ2) is 4.51. The summed E-state index contributed by atoms with van der Waals surface area (Å²) in [5.74, 6) is 0. The first-order valence-electron chi connectivity index (χ1n) is 5.13. The summed E-state index contributed by atoms with van der Waals surface area (Å²) in [6, 6.07) is 0.330. The van der Waals surface area contributed by atoms with Gasteiger partial charge in [-0.15, -0.1) is 0 Å². The Morgan fingerprint density at radius 1 is 1.27 bits per heavy atom. The molecule has 0 spiro atoms. The monoisotopic (exact) mass is 320 g/mol. The van der Waals surface area contributed by atoms with Crippen molar-refractivity contribution in [1.82, 2.24) is 0 Å². The molecule has 4 nitrogen and oxygen atoms in total. The Kier molecular flexibility index (Phi) is 3.28. The molecular formula is C10H13IN2O2. The Morgan fingerprint density at radius 2 is 2.00 bits per heavy atom. The summed E-state index contributed by atoms with van der Waals surface area (Å²) in [6.07, 6.45) is 3.16. The number of nitrogens with one attached hydrogen (secondary N) is 2. The molecule has 0 saturated carbocycles. The molecule has 0 aliphatic carbocycles. The minimum absolute atomic E-state index is 0.330. The van der Waals surface area contributed by atoms with Crippen molar-refractivity contribution >= 4 is 34.0 Å². The number of rotatable bonds is 3. The van der Waals surface area contributed by atoms with Gasteiger partial charge in [-0.2, -0.15) is 0 Å². The quantitative estimate of drug-likeness (QED) is 0.497. The summed E-state index contributed by atoms with van der Waals surface area (Å²) in [7, 11) is 0. The predicted octanol–water partition coefficient (Wildman–Crippen LogP) is 1.09. The van der Waals surface area contributed by atoms with Crippen molar-refractivity contribution in [2.45, 2.75) is 25.3 Å². The molecule has 1 aliphatic rings. The SMILES string of the molecule is O=c1c2c(c1=O)NC(CCCI)CCN2. The molecule has 0 amide bonds. The summed E-state index contributed by atoms with van der Waals surface area (Å²) in [4.78, 5) is 22.4. The molecule has 0 radical (unpaired) electrons. The summed E-state index contributed by atoms with van der Waals surface area (Å²) >= 11 is 2.35. The largest absolute Gasteiger partial charge is 0.380 e. The van der Waals surface area contributed by atoms with Gasteiger partial charge in [-0.3, -0.25) is 9.59 Å². The fourth-order valence-corrected chi connectivity index (χ4v) is 2.33. The van der Waals surface area contributed by atoms with E-state index in [1.165, 1.54) is 0 Å². The molecule has 1 atom stereocenters. The van der Waals surface area contributed by atoms with Gasteiger partial charge in [-0.05, 0) is 23.7 Å². The first-order valence-corrected chi connectivity index (χ1v) is 6.66. The van der Waals surface area contributed by atoms with Crippen molar-refractivity contribution in [2.75, 3.05) is 21.6 Å². The van der Waals surface area contributed by atoms with E-state index in [1.807, 2.05) is 0 Å². The molecule has 1 unspecified atom stereocenters. The second-order valence-electron chi connectivity index (χ2n) is 3.80. The highest BCUT2D eigenvalue weighted by Gasteiger charge is 2.25. The summed E-state index contributed by atoms with van der Waals surface area (Å²) in [6.45, 7) is 0.775. The van der Waals surface area contributed by atoms with Gasteiger partial charge in [0.1, 0.15) is 11.4 Å². The molecule has 82 valence electrons. The van der Waals surface area contributed by atoms with E-state index in [-0.39, 0.29) is 10.9 Å². The highest BCUT2D eigenvalue weighted by Crippen LogP contribution is 2.21. The Hall–Kier alpha value is -0.590. The van der Waals surface area contributed by atoms with E-state index in [0.29, 0.717) is 17.4 Å². The average Bonchev–Trinajstić information content (AvgIpc) is 2.45. The first kappa shape index (κ1) is 10.9. The van der Waals surface area contributed by atoms with Crippen LogP contribution in [0.25, 0.3) is 0 Å². The van der Waals surface area contributed by atoms with Crippen LogP contribution in [0.1, 0.15) is 19.3 Å². The number of alkyl halides is 1. The van der Waals surface area contributed by atoms with Crippen molar-refractivity contribution in [2.24, 2.45) is 0 Å². The zero-order valence-corrected chi connectivity index (χ0v) is 10.5. The van der Waals surface area contributed by atoms with Crippen LogP contribution in [-0.2, 0) is 0 Å². The predicted molar refractivity (Wildman–Crippen MR) is 70.0 cm³/mol. The summed E-state index contributed by atoms with van der Waals surface area (Å²) in [5.41, 5.74) is 0.277. The van der Waals surface area contributed by atoms with Gasteiger partial charge in [0.25, 0.3) is 10.9 Å². The lowest BCUT2D eigenvalue weighted by Gasteiger charge is -2.16. The van der Waals surface area contributed by atoms with E-state index >= 15 is 0 Å². The topological polar surface area (TPSA) is 58.2 Å². The maximum atomic E-state index is 11.3. The van der Waals surface area contributed by atoms with E-state index in [0.717, 1.165) is 30.2 Å². The summed E-state index contributed by atoms with van der Waals surface area (Å²) < 4.78 is 1.13. The van der Waals surface area contributed by atoms with Crippen molar-refractivity contribution in [3.05, 3.63) is 20.4 Å². The van der Waals surface area contributed by atoms with E-state index < -0.39 is 0 Å². The maximum Gasteiger partial charge on any atom is 0.253 e. The number of hydrogen-bond acceptors (Lipinski definition) is 4. The van der Waals surface area contributed by atoms with Crippen LogP contribution in [0.15, 0.2) is 9.59 Å². The van der Waals surface area contributed by atoms with E-state index in [1.54, 1.807) is 0 Å². The highest BCUT2D eigenvalue weighted by atomic mass is 127. The normalized spacial score (nSPS) is 20.2. The lowest BCUT2D eigenvalue weighted by molar-refractivity contribution is 0.621. The Morgan fingerprint density at radius 3 is 2.73 bits per heavy atom. The van der Waals surface area contributed by atoms with Crippen molar-refractivity contribution in [1.29, 1.82) is 0 Å². The third kappa shape index (κ3) is 2.02. The molecule has 0 fully saturated rings. The Balaban J connectivity index is 2.08. The molecule has 2 N–H and O–H groups in total. The van der Waals surface area contributed by atoms with Gasteiger partial charge in [-0.1, -0.05) is 22.6 Å². The van der Waals surface area contributed by atoms with Gasteiger partial charge >= 0.3 is 0 Å². The van der Waals surface area contributed by atoms with Gasteiger partial charge in [0.15, 0.2) is 0 Å². The van der Waals surface area contributed by atoms with Crippen LogP contribution < -0.4 is 21.5 Å². The number of hydrogen-bond donors (Lipinski definition) is 2. The van der Waals surface area contributed by atoms with Crippen LogP contribution >= 0.6 is 22.6 Å². The van der Waals surface area contributed by atoms with E-state index in [2.05, 4.69) is 33.2 Å². The third-order valence-corrected chi connectivity index (χ3v) is 3.50. The van der Waals surface area contributed by atoms with Gasteiger partial charge in [0, 0.05) is 12.6 Å². The lowest BCUT2D eigenvalue weighted by atomic mass is 10.1. The molecule has 0 bridgehead atoms. The van der Waals surface area contributed by atoms with Crippen LogP contribution in [0, 0.1) is 0 Å². The minimum atomic E-state index is -0.368. The van der Waals surface area contributed by atoms with Crippen molar-refractivity contribution in [3.63, 3.8) is 0 Å². The maximum absolute atomic E-state index is 11.3. The minimum Gasteiger partial charge on any atom is -0.380 e. The molecule has 15 heavy (non-hydrogen) atoms. The average molecular weight is 320 g/mol. The highest BCUT2D eigenvalue weighted by molar-refractivity contribution is 14.1. The Labute approximate surface area is 101 Å². The molecule has 0 aromatic heterocycles. The van der Waals surface area contributed by atoms with Gasteiger partial charge in [0.05, 0.1) is 0 Å². The van der Waals surface area contributed by atoms with E-state index in [9.17, 15) is 9.59 Å². The van der Waals surface area contributed by atoms with Gasteiger partial charge in [0.2, 0.25) is 0 Å². The van der Waals surface area contributed by atoms with Crippen LogP contribution in [0.4, 0.5) is 11.4 Å². The van der Waals surface area contributed by atoms with Crippen LogP contribution in [-0.4, -0.2) is 17.0 Å². The van der Waals surface area contributed by atoms with E-state index in [4.69, 9.17) is 0 Å². The molecule has 1 aliphatic heterocycles. The number of halogens is 1.